The molecule has 0 saturated carbocycles. The molecule has 2 N–H and O–H groups in total. The van der Waals surface area contributed by atoms with Crippen LogP contribution in [0.25, 0.3) is 0 Å². The highest BCUT2D eigenvalue weighted by Crippen LogP contribution is 2.24. The van der Waals surface area contributed by atoms with Crippen molar-refractivity contribution in [2.45, 2.75) is 26.0 Å². The van der Waals surface area contributed by atoms with E-state index in [1.54, 1.807) is 37.2 Å². The van der Waals surface area contributed by atoms with Crippen molar-refractivity contribution in [3.8, 4) is 0 Å². The average molecular weight is 271 g/mol. The third kappa shape index (κ3) is 4.20. The molecule has 0 spiro atoms. The Bertz CT molecular complexity index is 421. The highest BCUT2D eigenvalue weighted by molar-refractivity contribution is 6.33. The topological polar surface area (TPSA) is 52.6 Å². The van der Waals surface area contributed by atoms with Gasteiger partial charge in [-0.25, -0.2) is 0 Å². The third-order valence-electron chi connectivity index (χ3n) is 2.59. The van der Waals surface area contributed by atoms with Crippen molar-refractivity contribution in [3.63, 3.8) is 0 Å². The molecule has 100 valence electrons. The Kier molecular flexibility index (Phi) is 5.44. The predicted octanol–water partition coefficient (Wildman–Crippen LogP) is 2.11. The molecule has 1 rings (SSSR count). The Hall–Kier alpha value is -1.26. The maximum atomic E-state index is 11.6. The molecule has 0 fully saturated rings. The lowest BCUT2D eigenvalue weighted by molar-refractivity contribution is -0.128. The number of hydrogen-bond acceptors (Lipinski definition) is 3. The van der Waals surface area contributed by atoms with Gasteiger partial charge in [0.1, 0.15) is 0 Å². The minimum atomic E-state index is -0.0309. The molecular weight excluding hydrogens is 252 g/mol. The number of halogens is 1. The molecule has 0 saturated heterocycles. The van der Waals surface area contributed by atoms with Gasteiger partial charge in [0.25, 0.3) is 0 Å². The molecule has 18 heavy (non-hydrogen) atoms. The number of carbonyl (C=O) groups excluding carboxylic acids is 1. The molecular formula is C13H19ClN2O2. The Morgan fingerprint density at radius 2 is 2.17 bits per heavy atom. The first-order valence-electron chi connectivity index (χ1n) is 5.80. The summed E-state index contributed by atoms with van der Waals surface area (Å²) < 4.78 is 0. The van der Waals surface area contributed by atoms with E-state index in [0.29, 0.717) is 11.4 Å². The summed E-state index contributed by atoms with van der Waals surface area (Å²) in [5, 5.41) is 12.8. The molecule has 0 radical (unpaired) electrons. The Balaban J connectivity index is 2.69. The van der Waals surface area contributed by atoms with Crippen LogP contribution in [-0.2, 0) is 11.4 Å². The second kappa shape index (κ2) is 6.61. The highest BCUT2D eigenvalue weighted by Gasteiger charge is 2.12. The lowest BCUT2D eigenvalue weighted by Gasteiger charge is -2.18. The molecule has 1 amide bonds. The molecule has 0 aliphatic carbocycles. The van der Waals surface area contributed by atoms with Gasteiger partial charge in [0.05, 0.1) is 17.3 Å². The van der Waals surface area contributed by atoms with Gasteiger partial charge in [0.2, 0.25) is 5.91 Å². The summed E-state index contributed by atoms with van der Waals surface area (Å²) in [4.78, 5) is 13.1. The van der Waals surface area contributed by atoms with Gasteiger partial charge < -0.3 is 15.3 Å². The first-order chi connectivity index (χ1) is 8.43. The van der Waals surface area contributed by atoms with Crippen LogP contribution in [-0.4, -0.2) is 36.1 Å². The summed E-state index contributed by atoms with van der Waals surface area (Å²) in [5.41, 5.74) is 1.52. The normalized spacial score (nSPS) is 12.1. The lowest BCUT2D eigenvalue weighted by atomic mass is 10.1. The molecule has 0 aliphatic heterocycles. The lowest BCUT2D eigenvalue weighted by Crippen LogP contribution is -2.28. The smallest absolute Gasteiger partial charge is 0.224 e. The number of anilines is 1. The zero-order chi connectivity index (χ0) is 13.7. The molecule has 0 aromatic heterocycles. The SMILES string of the molecule is CC(CC(=O)N(C)C)Nc1cc(CO)ccc1Cl. The molecule has 1 aromatic rings. The second-order valence-corrected chi connectivity index (χ2v) is 4.92. The van der Waals surface area contributed by atoms with Crippen LogP contribution in [0.2, 0.25) is 5.02 Å². The van der Waals surface area contributed by atoms with E-state index >= 15 is 0 Å². The molecule has 1 aromatic carbocycles. The Labute approximate surface area is 113 Å². The standard InChI is InChI=1S/C13H19ClN2O2/c1-9(6-13(18)16(2)3)15-12-7-10(8-17)4-5-11(12)14/h4-5,7,9,15,17H,6,8H2,1-3H3. The fraction of sp³-hybridized carbons (Fsp3) is 0.462. The van der Waals surface area contributed by atoms with Crippen LogP contribution in [0.1, 0.15) is 18.9 Å². The van der Waals surface area contributed by atoms with E-state index in [9.17, 15) is 4.79 Å². The van der Waals surface area contributed by atoms with E-state index in [2.05, 4.69) is 5.32 Å². The van der Waals surface area contributed by atoms with E-state index in [1.807, 2.05) is 6.92 Å². The summed E-state index contributed by atoms with van der Waals surface area (Å²) in [6.07, 6.45) is 0.396. The molecule has 5 heteroatoms. The van der Waals surface area contributed by atoms with Gasteiger partial charge >= 0.3 is 0 Å². The van der Waals surface area contributed by atoms with Gasteiger partial charge in [-0.15, -0.1) is 0 Å². The van der Waals surface area contributed by atoms with Crippen LogP contribution in [0.5, 0.6) is 0 Å². The first-order valence-corrected chi connectivity index (χ1v) is 6.17. The fourth-order valence-corrected chi connectivity index (χ4v) is 1.71. The number of nitrogens with one attached hydrogen (secondary N) is 1. The van der Waals surface area contributed by atoms with Crippen LogP contribution in [0.15, 0.2) is 18.2 Å². The van der Waals surface area contributed by atoms with Crippen LogP contribution < -0.4 is 5.32 Å². The summed E-state index contributed by atoms with van der Waals surface area (Å²) in [5.74, 6) is 0.0597. The maximum absolute atomic E-state index is 11.6. The van der Waals surface area contributed by atoms with Crippen molar-refractivity contribution in [2.24, 2.45) is 0 Å². The van der Waals surface area contributed by atoms with Crippen LogP contribution in [0.3, 0.4) is 0 Å². The average Bonchev–Trinajstić information content (AvgIpc) is 2.31. The predicted molar refractivity (Wildman–Crippen MR) is 73.8 cm³/mol. The van der Waals surface area contributed by atoms with Crippen LogP contribution in [0, 0.1) is 0 Å². The van der Waals surface area contributed by atoms with E-state index in [1.165, 1.54) is 0 Å². The number of carbonyl (C=O) groups is 1. The van der Waals surface area contributed by atoms with Crippen LogP contribution >= 0.6 is 11.6 Å². The van der Waals surface area contributed by atoms with Crippen molar-refractivity contribution in [1.29, 1.82) is 0 Å². The maximum Gasteiger partial charge on any atom is 0.224 e. The minimum Gasteiger partial charge on any atom is -0.392 e. The van der Waals surface area contributed by atoms with Crippen molar-refractivity contribution >= 4 is 23.2 Å². The fourth-order valence-electron chi connectivity index (χ4n) is 1.54. The van der Waals surface area contributed by atoms with Gasteiger partial charge in [0.15, 0.2) is 0 Å². The number of aliphatic hydroxyl groups is 1. The number of amides is 1. The van der Waals surface area contributed by atoms with E-state index in [0.717, 1.165) is 11.3 Å². The summed E-state index contributed by atoms with van der Waals surface area (Å²) in [6.45, 7) is 1.89. The van der Waals surface area contributed by atoms with Gasteiger partial charge in [-0.3, -0.25) is 4.79 Å². The van der Waals surface area contributed by atoms with Crippen molar-refractivity contribution < 1.29 is 9.90 Å². The molecule has 0 bridgehead atoms. The largest absolute Gasteiger partial charge is 0.392 e. The Morgan fingerprint density at radius 3 is 2.72 bits per heavy atom. The second-order valence-electron chi connectivity index (χ2n) is 4.51. The molecule has 0 heterocycles. The van der Waals surface area contributed by atoms with E-state index < -0.39 is 0 Å². The molecule has 1 unspecified atom stereocenters. The summed E-state index contributed by atoms with van der Waals surface area (Å²) in [7, 11) is 3.46. The third-order valence-corrected chi connectivity index (χ3v) is 2.92. The summed E-state index contributed by atoms with van der Waals surface area (Å²) in [6, 6.07) is 5.27. The summed E-state index contributed by atoms with van der Waals surface area (Å²) >= 11 is 6.06. The first kappa shape index (κ1) is 14.8. The van der Waals surface area contributed by atoms with Gasteiger partial charge in [-0.1, -0.05) is 17.7 Å². The van der Waals surface area contributed by atoms with Gasteiger partial charge in [-0.2, -0.15) is 0 Å². The minimum absolute atomic E-state index is 0.0219. The zero-order valence-electron chi connectivity index (χ0n) is 10.9. The quantitative estimate of drug-likeness (QED) is 0.862. The zero-order valence-corrected chi connectivity index (χ0v) is 11.7. The number of hydrogen-bond donors (Lipinski definition) is 2. The molecule has 4 nitrogen and oxygen atoms in total. The number of benzene rings is 1. The van der Waals surface area contributed by atoms with Crippen molar-refractivity contribution in [3.05, 3.63) is 28.8 Å². The van der Waals surface area contributed by atoms with Crippen LogP contribution in [0.4, 0.5) is 5.69 Å². The highest BCUT2D eigenvalue weighted by atomic mass is 35.5. The van der Waals surface area contributed by atoms with E-state index in [-0.39, 0.29) is 18.6 Å². The Morgan fingerprint density at radius 1 is 1.50 bits per heavy atom. The molecule has 0 aliphatic rings. The van der Waals surface area contributed by atoms with Gasteiger partial charge in [-0.05, 0) is 24.6 Å². The van der Waals surface area contributed by atoms with Crippen molar-refractivity contribution in [1.82, 2.24) is 4.90 Å². The van der Waals surface area contributed by atoms with E-state index in [4.69, 9.17) is 16.7 Å². The molecule has 1 atom stereocenters. The monoisotopic (exact) mass is 270 g/mol. The number of rotatable bonds is 5. The number of aliphatic hydroxyl groups excluding tert-OH is 1. The van der Waals surface area contributed by atoms with Gasteiger partial charge in [0, 0.05) is 26.6 Å². The van der Waals surface area contributed by atoms with Crippen molar-refractivity contribution in [2.75, 3.05) is 19.4 Å². The number of nitrogens with zero attached hydrogens (tertiary/aromatic N) is 1.